The van der Waals surface area contributed by atoms with Gasteiger partial charge in [-0.1, -0.05) is 19.1 Å². The van der Waals surface area contributed by atoms with E-state index in [0.29, 0.717) is 12.3 Å². The molecule has 0 spiro atoms. The second kappa shape index (κ2) is 5.96. The molecule has 2 nitrogen and oxygen atoms in total. The molecule has 64 valence electrons. The summed E-state index contributed by atoms with van der Waals surface area (Å²) in [5.74, 6) is -0.209. The summed E-state index contributed by atoms with van der Waals surface area (Å²) in [6.07, 6.45) is 6.13. The maximum absolute atomic E-state index is 10.2. The summed E-state index contributed by atoms with van der Waals surface area (Å²) < 4.78 is 0. The van der Waals surface area contributed by atoms with Gasteiger partial charge in [-0.3, -0.25) is 4.79 Å². The number of rotatable bonds is 5. The molecule has 0 aliphatic rings. The summed E-state index contributed by atoms with van der Waals surface area (Å²) in [5.41, 5.74) is 0. The Morgan fingerprint density at radius 3 is 2.73 bits per heavy atom. The molecule has 1 atom stereocenters. The Kier molecular flexibility index (Phi) is 5.53. The molecule has 0 saturated carbocycles. The molecule has 1 N–H and O–H groups in total. The Bertz CT molecular complexity index is 138. The van der Waals surface area contributed by atoms with Crippen molar-refractivity contribution in [3.63, 3.8) is 0 Å². The number of carboxylic acid groups (broad SMARTS) is 1. The highest BCUT2D eigenvalue weighted by Crippen LogP contribution is 2.10. The number of hydrogen-bond acceptors (Lipinski definition) is 1. The molecule has 0 aromatic carbocycles. The first-order valence-electron chi connectivity index (χ1n) is 3.99. The summed E-state index contributed by atoms with van der Waals surface area (Å²) in [6.45, 7) is 4.05. The van der Waals surface area contributed by atoms with Gasteiger partial charge in [-0.15, -0.1) is 0 Å². The zero-order chi connectivity index (χ0) is 8.69. The SMILES string of the molecule is CC=CCC(C)CCC(=O)O. The monoisotopic (exact) mass is 156 g/mol. The number of aliphatic carboxylic acids is 1. The molecule has 1 unspecified atom stereocenters. The van der Waals surface area contributed by atoms with E-state index >= 15 is 0 Å². The summed E-state index contributed by atoms with van der Waals surface area (Å²) in [5, 5.41) is 8.37. The fraction of sp³-hybridized carbons (Fsp3) is 0.667. The maximum atomic E-state index is 10.2. The molecule has 0 amide bonds. The molecule has 2 heteroatoms. The van der Waals surface area contributed by atoms with Gasteiger partial charge < -0.3 is 5.11 Å². The van der Waals surface area contributed by atoms with Crippen LogP contribution in [0, 0.1) is 5.92 Å². The molecule has 0 aliphatic carbocycles. The van der Waals surface area contributed by atoms with E-state index in [-0.39, 0.29) is 0 Å². The van der Waals surface area contributed by atoms with Crippen molar-refractivity contribution in [2.45, 2.75) is 33.1 Å². The largest absolute Gasteiger partial charge is 0.481 e. The van der Waals surface area contributed by atoms with Crippen molar-refractivity contribution in [1.29, 1.82) is 0 Å². The van der Waals surface area contributed by atoms with Crippen molar-refractivity contribution in [1.82, 2.24) is 0 Å². The van der Waals surface area contributed by atoms with E-state index in [4.69, 9.17) is 5.11 Å². The van der Waals surface area contributed by atoms with Crippen molar-refractivity contribution >= 4 is 5.97 Å². The van der Waals surface area contributed by atoms with Gasteiger partial charge in [0.15, 0.2) is 0 Å². The van der Waals surface area contributed by atoms with E-state index in [0.717, 1.165) is 12.8 Å². The first-order valence-corrected chi connectivity index (χ1v) is 3.99. The average Bonchev–Trinajstić information content (AvgIpc) is 1.97. The smallest absolute Gasteiger partial charge is 0.303 e. The molecule has 0 heterocycles. The van der Waals surface area contributed by atoms with Crippen LogP contribution in [0.1, 0.15) is 33.1 Å². The predicted molar refractivity (Wildman–Crippen MR) is 45.5 cm³/mol. The molecule has 0 aromatic heterocycles. The third kappa shape index (κ3) is 7.10. The van der Waals surface area contributed by atoms with Crippen LogP contribution in [0.4, 0.5) is 0 Å². The lowest BCUT2D eigenvalue weighted by molar-refractivity contribution is -0.137. The summed E-state index contributed by atoms with van der Waals surface area (Å²) >= 11 is 0. The second-order valence-electron chi connectivity index (χ2n) is 2.84. The van der Waals surface area contributed by atoms with Gasteiger partial charge in [-0.25, -0.2) is 0 Å². The Morgan fingerprint density at radius 1 is 1.64 bits per heavy atom. The molecule has 0 rings (SSSR count). The molecule has 0 fully saturated rings. The standard InChI is InChI=1S/C9H16O2/c1-3-4-5-8(2)6-7-9(10)11/h3-4,8H,5-7H2,1-2H3,(H,10,11). The topological polar surface area (TPSA) is 37.3 Å². The Balaban J connectivity index is 3.36. The number of carboxylic acids is 1. The highest BCUT2D eigenvalue weighted by Gasteiger charge is 2.02. The van der Waals surface area contributed by atoms with Gasteiger partial charge in [-0.2, -0.15) is 0 Å². The van der Waals surface area contributed by atoms with Crippen molar-refractivity contribution in [2.24, 2.45) is 5.92 Å². The molecule has 0 radical (unpaired) electrons. The zero-order valence-corrected chi connectivity index (χ0v) is 7.21. The lowest BCUT2D eigenvalue weighted by Gasteiger charge is -2.04. The van der Waals surface area contributed by atoms with Crippen molar-refractivity contribution in [3.05, 3.63) is 12.2 Å². The van der Waals surface area contributed by atoms with Gasteiger partial charge in [0.25, 0.3) is 0 Å². The average molecular weight is 156 g/mol. The molecule has 0 bridgehead atoms. The molecular formula is C9H16O2. The highest BCUT2D eigenvalue weighted by atomic mass is 16.4. The van der Waals surface area contributed by atoms with E-state index in [9.17, 15) is 4.79 Å². The van der Waals surface area contributed by atoms with Crippen molar-refractivity contribution in [3.8, 4) is 0 Å². The third-order valence-electron chi connectivity index (χ3n) is 1.63. The van der Waals surface area contributed by atoms with Crippen LogP contribution in [0.15, 0.2) is 12.2 Å². The Hall–Kier alpha value is -0.790. The number of allylic oxidation sites excluding steroid dienone is 2. The fourth-order valence-corrected chi connectivity index (χ4v) is 0.856. The first kappa shape index (κ1) is 10.2. The summed E-state index contributed by atoms with van der Waals surface area (Å²) in [6, 6.07) is 0. The summed E-state index contributed by atoms with van der Waals surface area (Å²) in [7, 11) is 0. The van der Waals surface area contributed by atoms with Crippen LogP contribution in [0.5, 0.6) is 0 Å². The minimum Gasteiger partial charge on any atom is -0.481 e. The minimum atomic E-state index is -0.697. The molecule has 0 aromatic rings. The van der Waals surface area contributed by atoms with Gasteiger partial charge in [0.05, 0.1) is 0 Å². The first-order chi connectivity index (χ1) is 5.16. The van der Waals surface area contributed by atoms with Crippen LogP contribution in [-0.4, -0.2) is 11.1 Å². The van der Waals surface area contributed by atoms with E-state index in [2.05, 4.69) is 13.0 Å². The Morgan fingerprint density at radius 2 is 2.27 bits per heavy atom. The maximum Gasteiger partial charge on any atom is 0.303 e. The van der Waals surface area contributed by atoms with Crippen molar-refractivity contribution in [2.75, 3.05) is 0 Å². The van der Waals surface area contributed by atoms with Crippen LogP contribution in [0.25, 0.3) is 0 Å². The quantitative estimate of drug-likeness (QED) is 0.621. The van der Waals surface area contributed by atoms with E-state index < -0.39 is 5.97 Å². The molecule has 0 aliphatic heterocycles. The van der Waals surface area contributed by atoms with E-state index in [1.165, 1.54) is 0 Å². The molecule has 0 saturated heterocycles. The van der Waals surface area contributed by atoms with Gasteiger partial charge in [0.2, 0.25) is 0 Å². The van der Waals surface area contributed by atoms with E-state index in [1.54, 1.807) is 0 Å². The van der Waals surface area contributed by atoms with Crippen molar-refractivity contribution < 1.29 is 9.90 Å². The lowest BCUT2D eigenvalue weighted by Crippen LogP contribution is -1.99. The van der Waals surface area contributed by atoms with Gasteiger partial charge in [0.1, 0.15) is 0 Å². The van der Waals surface area contributed by atoms with E-state index in [1.807, 2.05) is 13.0 Å². The Labute approximate surface area is 67.9 Å². The fourth-order valence-electron chi connectivity index (χ4n) is 0.856. The number of carbonyl (C=O) groups is 1. The lowest BCUT2D eigenvalue weighted by atomic mass is 10.0. The van der Waals surface area contributed by atoms with Crippen LogP contribution in [0.2, 0.25) is 0 Å². The van der Waals surface area contributed by atoms with Gasteiger partial charge >= 0.3 is 5.97 Å². The number of hydrogen-bond donors (Lipinski definition) is 1. The molecule has 11 heavy (non-hydrogen) atoms. The second-order valence-corrected chi connectivity index (χ2v) is 2.84. The van der Waals surface area contributed by atoms with Crippen LogP contribution in [0.3, 0.4) is 0 Å². The van der Waals surface area contributed by atoms with Crippen LogP contribution < -0.4 is 0 Å². The van der Waals surface area contributed by atoms with Gasteiger partial charge in [-0.05, 0) is 25.7 Å². The normalized spacial score (nSPS) is 13.6. The van der Waals surface area contributed by atoms with Gasteiger partial charge in [0, 0.05) is 6.42 Å². The van der Waals surface area contributed by atoms with Crippen LogP contribution >= 0.6 is 0 Å². The predicted octanol–water partition coefficient (Wildman–Crippen LogP) is 2.45. The van der Waals surface area contributed by atoms with Crippen LogP contribution in [-0.2, 0) is 4.79 Å². The zero-order valence-electron chi connectivity index (χ0n) is 7.21. The minimum absolute atomic E-state index is 0.290. The molecular weight excluding hydrogens is 140 g/mol. The highest BCUT2D eigenvalue weighted by molar-refractivity contribution is 5.66. The third-order valence-corrected chi connectivity index (χ3v) is 1.63. The summed E-state index contributed by atoms with van der Waals surface area (Å²) in [4.78, 5) is 10.2.